The van der Waals surface area contributed by atoms with E-state index in [0.717, 1.165) is 4.31 Å². The Bertz CT molecular complexity index is 1070. The number of hydrogen-bond acceptors (Lipinski definition) is 6. The topological polar surface area (TPSA) is 117 Å². The van der Waals surface area contributed by atoms with E-state index in [1.165, 1.54) is 32.3 Å². The van der Waals surface area contributed by atoms with Gasteiger partial charge in [-0.3, -0.25) is 4.79 Å². The molecule has 0 saturated carbocycles. The molecule has 2 aromatic rings. The molecule has 0 unspecified atom stereocenters. The van der Waals surface area contributed by atoms with Crippen molar-refractivity contribution in [2.45, 2.75) is 18.2 Å². The van der Waals surface area contributed by atoms with E-state index in [1.807, 2.05) is 6.07 Å². The molecule has 152 valence electrons. The number of sulfonamides is 1. The van der Waals surface area contributed by atoms with E-state index in [-0.39, 0.29) is 23.5 Å². The number of nitrogens with zero attached hydrogens (tertiary/aromatic N) is 2. The van der Waals surface area contributed by atoms with Crippen LogP contribution in [0.2, 0.25) is 0 Å². The summed E-state index contributed by atoms with van der Waals surface area (Å²) in [5.74, 6) is -1.13. The van der Waals surface area contributed by atoms with Crippen molar-refractivity contribution in [1.29, 1.82) is 5.26 Å². The molecule has 0 aliphatic carbocycles. The number of carbonyl (C=O) groups excluding carboxylic acids is 2. The Kier molecular flexibility index (Phi) is 7.09. The van der Waals surface area contributed by atoms with E-state index in [0.29, 0.717) is 16.8 Å². The first-order valence-corrected chi connectivity index (χ1v) is 10.1. The van der Waals surface area contributed by atoms with Gasteiger partial charge in [0.15, 0.2) is 0 Å². The van der Waals surface area contributed by atoms with Gasteiger partial charge >= 0.3 is 5.97 Å². The molecule has 0 fully saturated rings. The van der Waals surface area contributed by atoms with E-state index in [4.69, 9.17) is 10.00 Å². The highest BCUT2D eigenvalue weighted by Gasteiger charge is 2.21. The van der Waals surface area contributed by atoms with Gasteiger partial charge in [0.05, 0.1) is 28.1 Å². The van der Waals surface area contributed by atoms with Gasteiger partial charge in [-0.2, -0.15) is 5.26 Å². The highest BCUT2D eigenvalue weighted by atomic mass is 32.2. The smallest absolute Gasteiger partial charge is 0.338 e. The summed E-state index contributed by atoms with van der Waals surface area (Å²) in [5.41, 5.74) is 1.37. The zero-order chi connectivity index (χ0) is 21.6. The number of esters is 1. The predicted octanol–water partition coefficient (Wildman–Crippen LogP) is 2.30. The van der Waals surface area contributed by atoms with Crippen LogP contribution in [0.4, 0.5) is 5.69 Å². The van der Waals surface area contributed by atoms with Crippen molar-refractivity contribution in [3.05, 3.63) is 59.2 Å². The van der Waals surface area contributed by atoms with Crippen molar-refractivity contribution in [3.63, 3.8) is 0 Å². The van der Waals surface area contributed by atoms with E-state index in [2.05, 4.69) is 5.32 Å². The molecule has 8 nitrogen and oxygen atoms in total. The quantitative estimate of drug-likeness (QED) is 0.694. The molecule has 29 heavy (non-hydrogen) atoms. The molecule has 1 amide bonds. The second-order valence-electron chi connectivity index (χ2n) is 6.36. The van der Waals surface area contributed by atoms with Crippen LogP contribution >= 0.6 is 0 Å². The van der Waals surface area contributed by atoms with Crippen molar-refractivity contribution in [2.24, 2.45) is 0 Å². The highest BCUT2D eigenvalue weighted by molar-refractivity contribution is 7.89. The lowest BCUT2D eigenvalue weighted by Crippen LogP contribution is -2.23. The highest BCUT2D eigenvalue weighted by Crippen LogP contribution is 2.19. The maximum Gasteiger partial charge on any atom is 0.338 e. The molecular weight excluding hydrogens is 394 g/mol. The summed E-state index contributed by atoms with van der Waals surface area (Å²) in [6, 6.07) is 12.7. The van der Waals surface area contributed by atoms with Crippen LogP contribution in [0.15, 0.2) is 47.4 Å². The maximum atomic E-state index is 12.3. The standard InChI is InChI=1S/C20H21N3O5S/c1-14-8-9-16(29(26,27)23(2)3)12-17(14)20(25)28-11-10-19(24)22-18-7-5-4-6-15(18)13-21/h4-9,12H,10-11H2,1-3H3,(H,22,24). The number of rotatable bonds is 7. The molecule has 0 aromatic heterocycles. The summed E-state index contributed by atoms with van der Waals surface area (Å²) in [7, 11) is -0.892. The van der Waals surface area contributed by atoms with Crippen molar-refractivity contribution in [3.8, 4) is 6.07 Å². The number of benzene rings is 2. The minimum atomic E-state index is -3.69. The zero-order valence-corrected chi connectivity index (χ0v) is 17.1. The number of nitriles is 1. The molecule has 0 aliphatic heterocycles. The number of nitrogens with one attached hydrogen (secondary N) is 1. The molecule has 2 aromatic carbocycles. The third-order valence-electron chi connectivity index (χ3n) is 4.09. The van der Waals surface area contributed by atoms with Gasteiger partial charge in [0, 0.05) is 14.1 Å². The number of para-hydroxylation sites is 1. The number of ether oxygens (including phenoxy) is 1. The van der Waals surface area contributed by atoms with Gasteiger partial charge in [0.25, 0.3) is 0 Å². The molecule has 1 N–H and O–H groups in total. The molecule has 2 rings (SSSR count). The van der Waals surface area contributed by atoms with Gasteiger partial charge in [0.2, 0.25) is 15.9 Å². The first kappa shape index (κ1) is 22.1. The summed E-state index contributed by atoms with van der Waals surface area (Å²) in [5, 5.41) is 11.6. The fourth-order valence-electron chi connectivity index (χ4n) is 2.41. The van der Waals surface area contributed by atoms with Crippen LogP contribution in [0.5, 0.6) is 0 Å². The van der Waals surface area contributed by atoms with Gasteiger partial charge in [0.1, 0.15) is 12.7 Å². The lowest BCUT2D eigenvalue weighted by molar-refractivity contribution is -0.116. The van der Waals surface area contributed by atoms with E-state index < -0.39 is 21.9 Å². The Balaban J connectivity index is 2.01. The van der Waals surface area contributed by atoms with E-state index in [1.54, 1.807) is 31.2 Å². The number of amides is 1. The lowest BCUT2D eigenvalue weighted by Gasteiger charge is -2.13. The van der Waals surface area contributed by atoms with Crippen molar-refractivity contribution in [1.82, 2.24) is 4.31 Å². The van der Waals surface area contributed by atoms with Crippen LogP contribution in [-0.2, 0) is 19.6 Å². The normalized spacial score (nSPS) is 11.0. The van der Waals surface area contributed by atoms with E-state index in [9.17, 15) is 18.0 Å². The average Bonchev–Trinajstić information content (AvgIpc) is 2.68. The maximum absolute atomic E-state index is 12.3. The molecular formula is C20H21N3O5S. The fourth-order valence-corrected chi connectivity index (χ4v) is 3.34. The van der Waals surface area contributed by atoms with Crippen LogP contribution in [0.25, 0.3) is 0 Å². The van der Waals surface area contributed by atoms with Crippen molar-refractivity contribution >= 4 is 27.6 Å². The fraction of sp³-hybridized carbons (Fsp3) is 0.250. The Morgan fingerprint density at radius 2 is 1.86 bits per heavy atom. The largest absolute Gasteiger partial charge is 0.462 e. The molecule has 9 heteroatoms. The first-order valence-electron chi connectivity index (χ1n) is 8.66. The minimum absolute atomic E-state index is 0.0223. The van der Waals surface area contributed by atoms with Gasteiger partial charge in [-0.15, -0.1) is 0 Å². The Hall–Kier alpha value is -3.22. The molecule has 0 radical (unpaired) electrons. The van der Waals surface area contributed by atoms with Gasteiger partial charge in [-0.1, -0.05) is 18.2 Å². The SMILES string of the molecule is Cc1ccc(S(=O)(=O)N(C)C)cc1C(=O)OCCC(=O)Nc1ccccc1C#N. The molecule has 0 bridgehead atoms. The molecule has 0 spiro atoms. The molecule has 0 heterocycles. The Morgan fingerprint density at radius 3 is 2.52 bits per heavy atom. The summed E-state index contributed by atoms with van der Waals surface area (Å²) in [6.07, 6.45) is -0.111. The third kappa shape index (κ3) is 5.40. The average molecular weight is 415 g/mol. The third-order valence-corrected chi connectivity index (χ3v) is 5.90. The van der Waals surface area contributed by atoms with Gasteiger partial charge in [-0.05, 0) is 36.8 Å². The molecule has 0 aliphatic rings. The van der Waals surface area contributed by atoms with Crippen molar-refractivity contribution in [2.75, 3.05) is 26.0 Å². The molecule has 0 atom stereocenters. The van der Waals surface area contributed by atoms with Crippen LogP contribution in [0.3, 0.4) is 0 Å². The van der Waals surface area contributed by atoms with Crippen molar-refractivity contribution < 1.29 is 22.7 Å². The van der Waals surface area contributed by atoms with Gasteiger partial charge in [-0.25, -0.2) is 17.5 Å². The van der Waals surface area contributed by atoms with Gasteiger partial charge < -0.3 is 10.1 Å². The zero-order valence-electron chi connectivity index (χ0n) is 16.3. The van der Waals surface area contributed by atoms with Crippen LogP contribution in [0.1, 0.15) is 27.9 Å². The molecule has 0 saturated heterocycles. The summed E-state index contributed by atoms with van der Waals surface area (Å²) in [4.78, 5) is 24.4. The minimum Gasteiger partial charge on any atom is -0.462 e. The summed E-state index contributed by atoms with van der Waals surface area (Å²) in [6.45, 7) is 1.47. The Morgan fingerprint density at radius 1 is 1.17 bits per heavy atom. The first-order chi connectivity index (χ1) is 13.7. The second kappa shape index (κ2) is 9.32. The summed E-state index contributed by atoms with van der Waals surface area (Å²) >= 11 is 0. The second-order valence-corrected chi connectivity index (χ2v) is 8.51. The number of aryl methyl sites for hydroxylation is 1. The van der Waals surface area contributed by atoms with Crippen LogP contribution < -0.4 is 5.32 Å². The van der Waals surface area contributed by atoms with Crippen LogP contribution in [-0.4, -0.2) is 45.3 Å². The number of hydrogen-bond donors (Lipinski definition) is 1. The Labute approximate surface area is 169 Å². The predicted molar refractivity (Wildman–Crippen MR) is 107 cm³/mol. The monoisotopic (exact) mass is 415 g/mol. The lowest BCUT2D eigenvalue weighted by atomic mass is 10.1. The summed E-state index contributed by atoms with van der Waals surface area (Å²) < 4.78 is 30.7. The number of anilines is 1. The number of carbonyl (C=O) groups is 2. The van der Waals surface area contributed by atoms with Crippen LogP contribution in [0, 0.1) is 18.3 Å². The van der Waals surface area contributed by atoms with E-state index >= 15 is 0 Å².